The fourth-order valence-corrected chi connectivity index (χ4v) is 6.39. The van der Waals surface area contributed by atoms with Crippen LogP contribution in [0.15, 0.2) is 96.2 Å². The Kier molecular flexibility index (Phi) is 5.68. The average molecular weight is 511 g/mol. The number of nitrogens with zero attached hydrogens (tertiary/aromatic N) is 2. The second-order valence-corrected chi connectivity index (χ2v) is 10.2. The van der Waals surface area contributed by atoms with Crippen molar-refractivity contribution in [1.29, 1.82) is 0 Å². The monoisotopic (exact) mass is 510 g/mol. The molecular formula is C29H22N2O5S. The number of fused-ring (bicyclic) bond motifs is 2. The summed E-state index contributed by atoms with van der Waals surface area (Å²) in [6, 6.07) is 24.4. The first kappa shape index (κ1) is 23.2. The first-order valence-electron chi connectivity index (χ1n) is 11.9. The number of hydrogen-bond donors (Lipinski definition) is 0. The molecular weight excluding hydrogens is 488 g/mol. The Hall–Kier alpha value is -4.17. The summed E-state index contributed by atoms with van der Waals surface area (Å²) in [4.78, 5) is 55.5. The molecule has 0 radical (unpaired) electrons. The van der Waals surface area contributed by atoms with Crippen LogP contribution in [0, 0.1) is 0 Å². The lowest BCUT2D eigenvalue weighted by atomic mass is 10.00. The first-order chi connectivity index (χ1) is 18.0. The van der Waals surface area contributed by atoms with Gasteiger partial charge < -0.3 is 4.74 Å². The van der Waals surface area contributed by atoms with Gasteiger partial charge in [0.25, 0.3) is 17.7 Å². The van der Waals surface area contributed by atoms with Gasteiger partial charge in [0.15, 0.2) is 6.10 Å². The maximum Gasteiger partial charge on any atom is 0.356 e. The fourth-order valence-electron chi connectivity index (χ4n) is 5.05. The van der Waals surface area contributed by atoms with E-state index < -0.39 is 41.2 Å². The summed E-state index contributed by atoms with van der Waals surface area (Å²) in [5, 5.41) is -0.548. The largest absolute Gasteiger partial charge is 0.448 e. The smallest absolute Gasteiger partial charge is 0.356 e. The number of benzene rings is 3. The van der Waals surface area contributed by atoms with Gasteiger partial charge in [-0.1, -0.05) is 72.8 Å². The topological polar surface area (TPSA) is 84.0 Å². The third-order valence-electron chi connectivity index (χ3n) is 6.86. The van der Waals surface area contributed by atoms with Gasteiger partial charge in [-0.25, -0.2) is 4.79 Å². The number of carbonyl (C=O) groups is 4. The van der Waals surface area contributed by atoms with E-state index in [0.717, 1.165) is 16.0 Å². The highest BCUT2D eigenvalue weighted by Gasteiger charge is 2.60. The number of β-lactam (4-membered cyclic amide) rings is 1. The molecule has 2 atom stereocenters. The van der Waals surface area contributed by atoms with Crippen LogP contribution in [0.3, 0.4) is 0 Å². The van der Waals surface area contributed by atoms with Crippen LogP contribution in [-0.4, -0.2) is 50.7 Å². The van der Waals surface area contributed by atoms with E-state index in [-0.39, 0.29) is 5.70 Å². The highest BCUT2D eigenvalue weighted by Crippen LogP contribution is 2.45. The molecule has 1 saturated heterocycles. The lowest BCUT2D eigenvalue weighted by Crippen LogP contribution is -2.71. The molecule has 3 aliphatic rings. The molecule has 0 saturated carbocycles. The summed E-state index contributed by atoms with van der Waals surface area (Å²) in [6.07, 6.45) is -0.661. The molecule has 3 heterocycles. The molecule has 8 heteroatoms. The predicted octanol–water partition coefficient (Wildman–Crippen LogP) is 4.17. The van der Waals surface area contributed by atoms with Crippen LogP contribution in [0.2, 0.25) is 0 Å². The minimum Gasteiger partial charge on any atom is -0.448 e. The molecule has 2 unspecified atom stereocenters. The Labute approximate surface area is 217 Å². The van der Waals surface area contributed by atoms with E-state index in [0.29, 0.717) is 22.5 Å². The first-order valence-corrected chi connectivity index (χ1v) is 12.9. The normalized spacial score (nSPS) is 20.6. The van der Waals surface area contributed by atoms with Gasteiger partial charge in [-0.2, -0.15) is 0 Å². The van der Waals surface area contributed by atoms with Gasteiger partial charge in [-0.05, 0) is 35.8 Å². The minimum absolute atomic E-state index is 0.179. The molecule has 0 aliphatic carbocycles. The third-order valence-corrected chi connectivity index (χ3v) is 8.27. The summed E-state index contributed by atoms with van der Waals surface area (Å²) in [7, 11) is 0. The third kappa shape index (κ3) is 3.67. The molecule has 0 bridgehead atoms. The molecule has 37 heavy (non-hydrogen) atoms. The van der Waals surface area contributed by atoms with E-state index in [1.807, 2.05) is 60.7 Å². The minimum atomic E-state index is -0.965. The van der Waals surface area contributed by atoms with Gasteiger partial charge in [-0.3, -0.25) is 24.2 Å². The van der Waals surface area contributed by atoms with E-state index in [4.69, 9.17) is 4.74 Å². The number of imide groups is 1. The molecule has 3 amide bonds. The molecule has 6 rings (SSSR count). The van der Waals surface area contributed by atoms with Gasteiger partial charge in [-0.15, -0.1) is 11.8 Å². The van der Waals surface area contributed by atoms with Crippen LogP contribution in [-0.2, 0) is 14.3 Å². The zero-order chi connectivity index (χ0) is 25.7. The zero-order valence-corrected chi connectivity index (χ0v) is 20.7. The maximum atomic E-state index is 13.6. The molecule has 0 N–H and O–H groups in total. The van der Waals surface area contributed by atoms with Crippen molar-refractivity contribution >= 4 is 35.5 Å². The Morgan fingerprint density at radius 1 is 0.811 bits per heavy atom. The van der Waals surface area contributed by atoms with E-state index >= 15 is 0 Å². The van der Waals surface area contributed by atoms with Crippen LogP contribution in [0.25, 0.3) is 0 Å². The number of thioether (sulfide) groups is 1. The lowest BCUT2D eigenvalue weighted by molar-refractivity contribution is -0.155. The molecule has 7 nitrogen and oxygen atoms in total. The van der Waals surface area contributed by atoms with Crippen molar-refractivity contribution in [1.82, 2.24) is 9.80 Å². The van der Waals surface area contributed by atoms with Crippen molar-refractivity contribution < 1.29 is 23.9 Å². The predicted molar refractivity (Wildman–Crippen MR) is 137 cm³/mol. The zero-order valence-electron chi connectivity index (χ0n) is 19.9. The number of esters is 1. The van der Waals surface area contributed by atoms with Crippen molar-refractivity contribution in [3.8, 4) is 0 Å². The van der Waals surface area contributed by atoms with Gasteiger partial charge >= 0.3 is 5.97 Å². The number of ether oxygens (including phenoxy) is 1. The highest BCUT2D eigenvalue weighted by molar-refractivity contribution is 8.00. The Morgan fingerprint density at radius 2 is 1.32 bits per heavy atom. The Balaban J connectivity index is 1.28. The van der Waals surface area contributed by atoms with Gasteiger partial charge in [0.1, 0.15) is 17.1 Å². The molecule has 184 valence electrons. The van der Waals surface area contributed by atoms with E-state index in [9.17, 15) is 19.2 Å². The number of rotatable bonds is 5. The number of amides is 3. The molecule has 0 spiro atoms. The van der Waals surface area contributed by atoms with Gasteiger partial charge in [0, 0.05) is 5.75 Å². The van der Waals surface area contributed by atoms with Crippen LogP contribution < -0.4 is 0 Å². The average Bonchev–Trinajstić information content (AvgIpc) is 3.18. The molecule has 3 aromatic carbocycles. The summed E-state index contributed by atoms with van der Waals surface area (Å²) < 4.78 is 6.04. The number of carbonyl (C=O) groups excluding carboxylic acids is 4. The molecule has 3 aliphatic heterocycles. The van der Waals surface area contributed by atoms with Gasteiger partial charge in [0.2, 0.25) is 0 Å². The molecule has 1 fully saturated rings. The SMILES string of the molecule is CC1=C(C(=O)OC(c2ccccc2)c2ccccc2)N2C(=O)C(N3C(=O)c4ccccc4C3=O)C2SC1. The van der Waals surface area contributed by atoms with Crippen LogP contribution in [0.4, 0.5) is 0 Å². The van der Waals surface area contributed by atoms with Crippen LogP contribution >= 0.6 is 11.8 Å². The lowest BCUT2D eigenvalue weighted by Gasteiger charge is -2.51. The number of hydrogen-bond acceptors (Lipinski definition) is 6. The summed E-state index contributed by atoms with van der Waals surface area (Å²) in [5.74, 6) is -1.57. The van der Waals surface area contributed by atoms with Crippen molar-refractivity contribution in [3.05, 3.63) is 118 Å². The summed E-state index contributed by atoms with van der Waals surface area (Å²) >= 11 is 1.43. The van der Waals surface area contributed by atoms with E-state index in [1.165, 1.54) is 16.7 Å². The van der Waals surface area contributed by atoms with Crippen molar-refractivity contribution in [3.63, 3.8) is 0 Å². The van der Waals surface area contributed by atoms with E-state index in [1.54, 1.807) is 31.2 Å². The quantitative estimate of drug-likeness (QED) is 0.291. The van der Waals surface area contributed by atoms with Crippen molar-refractivity contribution in [2.24, 2.45) is 0 Å². The maximum absolute atomic E-state index is 13.6. The van der Waals surface area contributed by atoms with Crippen LogP contribution in [0.1, 0.15) is 44.9 Å². The van der Waals surface area contributed by atoms with Crippen molar-refractivity contribution in [2.75, 3.05) is 5.75 Å². The molecule has 0 aromatic heterocycles. The second kappa shape index (κ2) is 9.05. The standard InChI is InChI=1S/C29H22N2O5S/c1-17-16-37-28-23(30-25(32)20-14-8-9-15-21(20)26(30)33)27(34)31(28)22(17)29(35)36-24(18-10-4-2-5-11-18)19-12-6-3-7-13-19/h2-15,23-24,28H,16H2,1H3. The van der Waals surface area contributed by atoms with Crippen LogP contribution in [0.5, 0.6) is 0 Å². The van der Waals surface area contributed by atoms with E-state index in [2.05, 4.69) is 0 Å². The fraction of sp³-hybridized carbons (Fsp3) is 0.172. The van der Waals surface area contributed by atoms with Crippen molar-refractivity contribution in [2.45, 2.75) is 24.4 Å². The Bertz CT molecular complexity index is 1400. The Morgan fingerprint density at radius 3 is 1.86 bits per heavy atom. The summed E-state index contributed by atoms with van der Waals surface area (Å²) in [6.45, 7) is 1.79. The second-order valence-electron chi connectivity index (χ2n) is 9.12. The summed E-state index contributed by atoms with van der Waals surface area (Å²) in [5.41, 5.74) is 3.08. The molecule has 3 aromatic rings. The van der Waals surface area contributed by atoms with Gasteiger partial charge in [0.05, 0.1) is 11.1 Å². The highest BCUT2D eigenvalue weighted by atomic mass is 32.2.